The highest BCUT2D eigenvalue weighted by Gasteiger charge is 2.39. The van der Waals surface area contributed by atoms with Crippen LogP contribution in [0.3, 0.4) is 0 Å². The summed E-state index contributed by atoms with van der Waals surface area (Å²) in [5.74, 6) is -0.479. The Balaban J connectivity index is 1.98. The molecule has 0 bridgehead atoms. The SMILES string of the molecule is COCCNC(=O)C1CN2N=CN=C(N)C2=C1c1ccc([N+](=O)[O-])cc1. The molecule has 1 atom stereocenters. The molecule has 0 spiro atoms. The number of nitrogens with one attached hydrogen (secondary N) is 1. The number of carbonyl (C=O) groups excluding carboxylic acids is 1. The maximum absolute atomic E-state index is 12.7. The molecule has 1 unspecified atom stereocenters. The number of hydrogen-bond donors (Lipinski definition) is 2. The lowest BCUT2D eigenvalue weighted by molar-refractivity contribution is -0.384. The normalized spacial score (nSPS) is 18.6. The van der Waals surface area contributed by atoms with Crippen LogP contribution in [0.2, 0.25) is 0 Å². The van der Waals surface area contributed by atoms with Crippen molar-refractivity contribution in [1.29, 1.82) is 0 Å². The number of nitrogens with zero attached hydrogens (tertiary/aromatic N) is 4. The standard InChI is InChI=1S/C16H18N6O4/c1-26-7-6-18-16(23)12-8-21-14(15(17)19-9-20-21)13(12)10-2-4-11(5-3-10)22(24)25/h2-5,9,12H,6-8H2,1H3,(H,18,23)(H2,17,19,20). The van der Waals surface area contributed by atoms with Gasteiger partial charge in [0, 0.05) is 31.4 Å². The second-order valence-electron chi connectivity index (χ2n) is 5.73. The van der Waals surface area contributed by atoms with Crippen molar-refractivity contribution >= 4 is 29.3 Å². The van der Waals surface area contributed by atoms with Gasteiger partial charge in [-0.05, 0) is 17.7 Å². The molecule has 1 amide bonds. The zero-order chi connectivity index (χ0) is 18.7. The van der Waals surface area contributed by atoms with Crippen LogP contribution in [-0.4, -0.2) is 54.8 Å². The van der Waals surface area contributed by atoms with Gasteiger partial charge in [0.05, 0.1) is 24.0 Å². The first-order chi connectivity index (χ1) is 12.5. The van der Waals surface area contributed by atoms with Gasteiger partial charge in [0.25, 0.3) is 5.69 Å². The number of fused-ring (bicyclic) bond motifs is 1. The van der Waals surface area contributed by atoms with E-state index in [0.29, 0.717) is 36.5 Å². The predicted molar refractivity (Wildman–Crippen MR) is 95.2 cm³/mol. The van der Waals surface area contributed by atoms with Crippen LogP contribution in [0.1, 0.15) is 5.56 Å². The van der Waals surface area contributed by atoms with Crippen molar-refractivity contribution < 1.29 is 14.5 Å². The number of benzene rings is 1. The van der Waals surface area contributed by atoms with Crippen LogP contribution in [0, 0.1) is 16.0 Å². The topological polar surface area (TPSA) is 135 Å². The number of hydrogen-bond acceptors (Lipinski definition) is 8. The minimum absolute atomic E-state index is 0.0291. The Morgan fingerprint density at radius 3 is 2.85 bits per heavy atom. The molecule has 1 aromatic carbocycles. The van der Waals surface area contributed by atoms with Gasteiger partial charge in [0.1, 0.15) is 12.0 Å². The summed E-state index contributed by atoms with van der Waals surface area (Å²) in [6.07, 6.45) is 1.33. The van der Waals surface area contributed by atoms with Crippen molar-refractivity contribution in [1.82, 2.24) is 10.3 Å². The number of amides is 1. The highest BCUT2D eigenvalue weighted by molar-refractivity contribution is 6.11. The second kappa shape index (κ2) is 7.31. The first kappa shape index (κ1) is 17.5. The van der Waals surface area contributed by atoms with Crippen molar-refractivity contribution in [2.45, 2.75) is 0 Å². The summed E-state index contributed by atoms with van der Waals surface area (Å²) < 4.78 is 4.95. The molecular formula is C16H18N6O4. The quantitative estimate of drug-likeness (QED) is 0.427. The van der Waals surface area contributed by atoms with Crippen molar-refractivity contribution in [2.24, 2.45) is 21.7 Å². The molecule has 136 valence electrons. The third-order valence-electron chi connectivity index (χ3n) is 4.16. The highest BCUT2D eigenvalue weighted by atomic mass is 16.6. The fourth-order valence-electron chi connectivity index (χ4n) is 2.96. The van der Waals surface area contributed by atoms with Gasteiger partial charge in [0.2, 0.25) is 5.91 Å². The fraction of sp³-hybridized carbons (Fsp3) is 0.312. The molecule has 10 heteroatoms. The Morgan fingerprint density at radius 2 is 2.19 bits per heavy atom. The largest absolute Gasteiger partial charge is 0.383 e. The zero-order valence-corrected chi connectivity index (χ0v) is 14.1. The van der Waals surface area contributed by atoms with Gasteiger partial charge in [0.15, 0.2) is 5.84 Å². The maximum atomic E-state index is 12.7. The number of nitro groups is 1. The van der Waals surface area contributed by atoms with E-state index in [9.17, 15) is 14.9 Å². The summed E-state index contributed by atoms with van der Waals surface area (Å²) >= 11 is 0. The number of nitrogens with two attached hydrogens (primary N) is 1. The van der Waals surface area contributed by atoms with E-state index in [1.165, 1.54) is 18.5 Å². The summed E-state index contributed by atoms with van der Waals surface area (Å²) in [5.41, 5.74) is 7.84. The van der Waals surface area contributed by atoms with Crippen LogP contribution in [-0.2, 0) is 9.53 Å². The summed E-state index contributed by atoms with van der Waals surface area (Å²) in [4.78, 5) is 27.1. The number of aliphatic imine (C=N–C) groups is 1. The van der Waals surface area contributed by atoms with Gasteiger partial charge in [-0.1, -0.05) is 0 Å². The van der Waals surface area contributed by atoms with E-state index >= 15 is 0 Å². The molecule has 3 N–H and O–H groups in total. The van der Waals surface area contributed by atoms with Gasteiger partial charge < -0.3 is 15.8 Å². The number of methoxy groups -OCH3 is 1. The van der Waals surface area contributed by atoms with Crippen LogP contribution >= 0.6 is 0 Å². The number of non-ortho nitro benzene ring substituents is 1. The van der Waals surface area contributed by atoms with Crippen LogP contribution < -0.4 is 11.1 Å². The lowest BCUT2D eigenvalue weighted by atomic mass is 9.92. The minimum Gasteiger partial charge on any atom is -0.383 e. The van der Waals surface area contributed by atoms with Gasteiger partial charge in [-0.15, -0.1) is 0 Å². The molecule has 0 saturated heterocycles. The molecule has 0 saturated carbocycles. The van der Waals surface area contributed by atoms with Crippen molar-refractivity contribution in [3.63, 3.8) is 0 Å². The lowest BCUT2D eigenvalue weighted by Crippen LogP contribution is -2.35. The maximum Gasteiger partial charge on any atom is 0.269 e. The summed E-state index contributed by atoms with van der Waals surface area (Å²) in [6.45, 7) is 1.09. The Morgan fingerprint density at radius 1 is 1.46 bits per heavy atom. The molecule has 2 aliphatic rings. The molecule has 10 nitrogen and oxygen atoms in total. The molecular weight excluding hydrogens is 340 g/mol. The second-order valence-corrected chi connectivity index (χ2v) is 5.73. The number of ether oxygens (including phenoxy) is 1. The Hall–Kier alpha value is -3.27. The van der Waals surface area contributed by atoms with Crippen molar-refractivity contribution in [2.75, 3.05) is 26.8 Å². The minimum atomic E-state index is -0.535. The zero-order valence-electron chi connectivity index (χ0n) is 14.1. The third-order valence-corrected chi connectivity index (χ3v) is 4.16. The van der Waals surface area contributed by atoms with Crippen molar-refractivity contribution in [3.05, 3.63) is 45.6 Å². The lowest BCUT2D eigenvalue weighted by Gasteiger charge is -2.18. The molecule has 26 heavy (non-hydrogen) atoms. The van der Waals surface area contributed by atoms with E-state index in [0.717, 1.165) is 0 Å². The van der Waals surface area contributed by atoms with E-state index in [2.05, 4.69) is 15.4 Å². The first-order valence-electron chi connectivity index (χ1n) is 7.92. The molecule has 2 heterocycles. The van der Waals surface area contributed by atoms with Crippen LogP contribution in [0.5, 0.6) is 0 Å². The van der Waals surface area contributed by atoms with E-state index < -0.39 is 10.8 Å². The molecule has 0 aliphatic carbocycles. The van der Waals surface area contributed by atoms with Gasteiger partial charge in [-0.3, -0.25) is 19.9 Å². The summed E-state index contributed by atoms with van der Waals surface area (Å²) in [6, 6.07) is 5.99. The van der Waals surface area contributed by atoms with E-state index in [1.807, 2.05) is 0 Å². The Kier molecular flexibility index (Phi) is 4.94. The van der Waals surface area contributed by atoms with Crippen LogP contribution in [0.15, 0.2) is 40.1 Å². The summed E-state index contributed by atoms with van der Waals surface area (Å²) in [7, 11) is 1.55. The van der Waals surface area contributed by atoms with Gasteiger partial charge in [-0.25, -0.2) is 4.99 Å². The number of amidine groups is 1. The Labute approximate surface area is 149 Å². The number of rotatable bonds is 6. The molecule has 1 aromatic rings. The van der Waals surface area contributed by atoms with Gasteiger partial charge >= 0.3 is 0 Å². The molecule has 0 fully saturated rings. The first-order valence-corrected chi connectivity index (χ1v) is 7.92. The molecule has 0 radical (unpaired) electrons. The molecule has 2 aliphatic heterocycles. The highest BCUT2D eigenvalue weighted by Crippen LogP contribution is 2.37. The van der Waals surface area contributed by atoms with E-state index in [-0.39, 0.29) is 17.4 Å². The number of nitro benzene ring substituents is 1. The van der Waals surface area contributed by atoms with Gasteiger partial charge in [-0.2, -0.15) is 5.10 Å². The number of carbonyl (C=O) groups is 1. The number of hydrazone groups is 1. The summed E-state index contributed by atoms with van der Waals surface area (Å²) in [5, 5.41) is 19.5. The van der Waals surface area contributed by atoms with E-state index in [1.54, 1.807) is 24.3 Å². The monoisotopic (exact) mass is 358 g/mol. The van der Waals surface area contributed by atoms with Crippen molar-refractivity contribution in [3.8, 4) is 0 Å². The van der Waals surface area contributed by atoms with Crippen LogP contribution in [0.25, 0.3) is 5.57 Å². The molecule has 3 rings (SSSR count). The Bertz CT molecular complexity index is 815. The van der Waals surface area contributed by atoms with Crippen LogP contribution in [0.4, 0.5) is 5.69 Å². The average molecular weight is 358 g/mol. The predicted octanol–water partition coefficient (Wildman–Crippen LogP) is 0.314. The van der Waals surface area contributed by atoms with E-state index in [4.69, 9.17) is 10.5 Å². The third kappa shape index (κ3) is 3.26. The fourth-order valence-corrected chi connectivity index (χ4v) is 2.96. The average Bonchev–Trinajstić information content (AvgIpc) is 3.03. The molecule has 0 aromatic heterocycles. The smallest absolute Gasteiger partial charge is 0.269 e.